The third kappa shape index (κ3) is 1.54. The lowest BCUT2D eigenvalue weighted by molar-refractivity contribution is 0.171. The molecule has 4 nitrogen and oxygen atoms in total. The average molecular weight is 220 g/mol. The third-order valence-electron chi connectivity index (χ3n) is 2.88. The highest BCUT2D eigenvalue weighted by Crippen LogP contribution is 2.40. The van der Waals surface area contributed by atoms with Gasteiger partial charge in [0.1, 0.15) is 13.2 Å². The molecule has 0 fully saturated rings. The molecule has 0 bridgehead atoms. The monoisotopic (exact) mass is 220 g/mol. The van der Waals surface area contributed by atoms with Gasteiger partial charge in [0.2, 0.25) is 0 Å². The van der Waals surface area contributed by atoms with Gasteiger partial charge in [-0.25, -0.2) is 0 Å². The summed E-state index contributed by atoms with van der Waals surface area (Å²) in [5, 5.41) is 6.89. The molecule has 1 aromatic rings. The molecule has 0 radical (unpaired) electrons. The van der Waals surface area contributed by atoms with Crippen LogP contribution in [0.3, 0.4) is 0 Å². The molecule has 1 aromatic carbocycles. The van der Waals surface area contributed by atoms with Gasteiger partial charge in [0.05, 0.1) is 11.4 Å². The summed E-state index contributed by atoms with van der Waals surface area (Å²) in [5.74, 6) is 1.66. The summed E-state index contributed by atoms with van der Waals surface area (Å²) in [5.41, 5.74) is 2.24. The van der Waals surface area contributed by atoms with Crippen molar-refractivity contribution in [1.29, 1.82) is 0 Å². The van der Waals surface area contributed by atoms with Gasteiger partial charge < -0.3 is 20.1 Å². The molecule has 0 aliphatic carbocycles. The molecule has 0 saturated carbocycles. The topological polar surface area (TPSA) is 42.5 Å². The largest absolute Gasteiger partial charge is 0.486 e. The van der Waals surface area contributed by atoms with Crippen LogP contribution in [-0.2, 0) is 0 Å². The zero-order valence-electron chi connectivity index (χ0n) is 9.59. The van der Waals surface area contributed by atoms with Crippen molar-refractivity contribution in [2.45, 2.75) is 19.4 Å². The summed E-state index contributed by atoms with van der Waals surface area (Å²) in [4.78, 5) is 0. The summed E-state index contributed by atoms with van der Waals surface area (Å²) < 4.78 is 11.1. The van der Waals surface area contributed by atoms with Crippen LogP contribution in [0.2, 0.25) is 0 Å². The Morgan fingerprint density at radius 2 is 1.69 bits per heavy atom. The Morgan fingerprint density at radius 1 is 1.06 bits per heavy atom. The SMILES string of the molecule is CC1(C)CNc2cc3c(cc2N1)OCCO3. The van der Waals surface area contributed by atoms with Gasteiger partial charge in [-0.2, -0.15) is 0 Å². The molecule has 0 atom stereocenters. The zero-order valence-corrected chi connectivity index (χ0v) is 9.59. The summed E-state index contributed by atoms with van der Waals surface area (Å²) in [6, 6.07) is 4.02. The molecule has 2 heterocycles. The molecule has 0 aromatic heterocycles. The van der Waals surface area contributed by atoms with E-state index in [1.807, 2.05) is 12.1 Å². The first-order valence-corrected chi connectivity index (χ1v) is 5.60. The minimum absolute atomic E-state index is 0.0662. The smallest absolute Gasteiger partial charge is 0.163 e. The van der Waals surface area contributed by atoms with Crippen LogP contribution in [0.1, 0.15) is 13.8 Å². The molecular formula is C12H16N2O2. The van der Waals surface area contributed by atoms with Crippen molar-refractivity contribution in [3.05, 3.63) is 12.1 Å². The van der Waals surface area contributed by atoms with E-state index >= 15 is 0 Å². The predicted molar refractivity (Wildman–Crippen MR) is 63.6 cm³/mol. The van der Waals surface area contributed by atoms with Gasteiger partial charge in [0.15, 0.2) is 11.5 Å². The highest BCUT2D eigenvalue weighted by Gasteiger charge is 2.26. The van der Waals surface area contributed by atoms with Gasteiger partial charge in [-0.3, -0.25) is 0 Å². The predicted octanol–water partition coefficient (Wildman–Crippen LogP) is 2.07. The van der Waals surface area contributed by atoms with E-state index in [4.69, 9.17) is 9.47 Å². The summed E-state index contributed by atoms with van der Waals surface area (Å²) in [6.45, 7) is 6.49. The molecule has 4 heteroatoms. The van der Waals surface area contributed by atoms with Crippen molar-refractivity contribution in [1.82, 2.24) is 0 Å². The highest BCUT2D eigenvalue weighted by molar-refractivity contribution is 5.76. The first kappa shape index (κ1) is 9.63. The number of anilines is 2. The fourth-order valence-electron chi connectivity index (χ4n) is 2.06. The second-order valence-electron chi connectivity index (χ2n) is 4.90. The van der Waals surface area contributed by atoms with Crippen LogP contribution in [0.15, 0.2) is 12.1 Å². The molecule has 0 amide bonds. The summed E-state index contributed by atoms with van der Waals surface area (Å²) in [6.07, 6.45) is 0. The number of rotatable bonds is 0. The zero-order chi connectivity index (χ0) is 11.2. The van der Waals surface area contributed by atoms with E-state index in [-0.39, 0.29) is 5.54 Å². The van der Waals surface area contributed by atoms with Crippen LogP contribution in [0.5, 0.6) is 11.5 Å². The standard InChI is InChI=1S/C12H16N2O2/c1-12(2)7-13-8-5-10-11(6-9(8)14-12)16-4-3-15-10/h5-6,13-14H,3-4,7H2,1-2H3. The lowest BCUT2D eigenvalue weighted by Gasteiger charge is -2.35. The highest BCUT2D eigenvalue weighted by atomic mass is 16.6. The Bertz CT molecular complexity index is 429. The van der Waals surface area contributed by atoms with Crippen LogP contribution < -0.4 is 20.1 Å². The molecule has 2 N–H and O–H groups in total. The molecule has 0 spiro atoms. The normalized spacial score (nSPS) is 20.4. The molecule has 3 rings (SSSR count). The third-order valence-corrected chi connectivity index (χ3v) is 2.88. The van der Waals surface area contributed by atoms with Crippen LogP contribution >= 0.6 is 0 Å². The number of hydrogen-bond donors (Lipinski definition) is 2. The number of ether oxygens (including phenoxy) is 2. The first-order valence-electron chi connectivity index (χ1n) is 5.60. The minimum Gasteiger partial charge on any atom is -0.486 e. The maximum Gasteiger partial charge on any atom is 0.163 e. The van der Waals surface area contributed by atoms with Crippen molar-refractivity contribution >= 4 is 11.4 Å². The Hall–Kier alpha value is -1.58. The second kappa shape index (κ2) is 3.20. The lowest BCUT2D eigenvalue weighted by Crippen LogP contribution is -2.42. The summed E-state index contributed by atoms with van der Waals surface area (Å²) in [7, 11) is 0. The molecule has 16 heavy (non-hydrogen) atoms. The number of nitrogens with one attached hydrogen (secondary N) is 2. The fourth-order valence-corrected chi connectivity index (χ4v) is 2.06. The first-order chi connectivity index (χ1) is 7.64. The average Bonchev–Trinajstić information content (AvgIpc) is 2.25. The van der Waals surface area contributed by atoms with Gasteiger partial charge in [-0.1, -0.05) is 0 Å². The fraction of sp³-hybridized carbons (Fsp3) is 0.500. The van der Waals surface area contributed by atoms with E-state index in [0.717, 1.165) is 29.4 Å². The van der Waals surface area contributed by atoms with Crippen molar-refractivity contribution < 1.29 is 9.47 Å². The van der Waals surface area contributed by atoms with E-state index < -0.39 is 0 Å². The Labute approximate surface area is 94.9 Å². The van der Waals surface area contributed by atoms with Gasteiger partial charge in [0, 0.05) is 24.2 Å². The number of hydrogen-bond acceptors (Lipinski definition) is 4. The maximum absolute atomic E-state index is 5.56. The van der Waals surface area contributed by atoms with E-state index in [2.05, 4.69) is 24.5 Å². The second-order valence-corrected chi connectivity index (χ2v) is 4.90. The van der Waals surface area contributed by atoms with E-state index in [0.29, 0.717) is 13.2 Å². The van der Waals surface area contributed by atoms with Crippen LogP contribution in [0.25, 0.3) is 0 Å². The van der Waals surface area contributed by atoms with E-state index in [1.54, 1.807) is 0 Å². The van der Waals surface area contributed by atoms with E-state index in [1.165, 1.54) is 0 Å². The summed E-state index contributed by atoms with van der Waals surface area (Å²) >= 11 is 0. The van der Waals surface area contributed by atoms with Crippen LogP contribution in [0, 0.1) is 0 Å². The molecule has 86 valence electrons. The van der Waals surface area contributed by atoms with Gasteiger partial charge in [0.25, 0.3) is 0 Å². The Morgan fingerprint density at radius 3 is 2.38 bits per heavy atom. The Kier molecular flexibility index (Phi) is 1.93. The van der Waals surface area contributed by atoms with Crippen molar-refractivity contribution in [3.63, 3.8) is 0 Å². The van der Waals surface area contributed by atoms with Crippen LogP contribution in [0.4, 0.5) is 11.4 Å². The molecule has 0 unspecified atom stereocenters. The van der Waals surface area contributed by atoms with Crippen molar-refractivity contribution in [2.24, 2.45) is 0 Å². The van der Waals surface area contributed by atoms with Gasteiger partial charge >= 0.3 is 0 Å². The molecular weight excluding hydrogens is 204 g/mol. The van der Waals surface area contributed by atoms with Crippen LogP contribution in [-0.4, -0.2) is 25.3 Å². The van der Waals surface area contributed by atoms with Gasteiger partial charge in [-0.15, -0.1) is 0 Å². The Balaban J connectivity index is 2.02. The maximum atomic E-state index is 5.56. The lowest BCUT2D eigenvalue weighted by atomic mass is 10.0. The van der Waals surface area contributed by atoms with Crippen molar-refractivity contribution in [2.75, 3.05) is 30.4 Å². The number of benzene rings is 1. The van der Waals surface area contributed by atoms with Gasteiger partial charge in [-0.05, 0) is 13.8 Å². The molecule has 0 saturated heterocycles. The van der Waals surface area contributed by atoms with E-state index in [9.17, 15) is 0 Å². The van der Waals surface area contributed by atoms with Crippen molar-refractivity contribution in [3.8, 4) is 11.5 Å². The molecule has 2 aliphatic heterocycles. The minimum atomic E-state index is 0.0662. The quantitative estimate of drug-likeness (QED) is 0.702. The molecule has 2 aliphatic rings. The number of fused-ring (bicyclic) bond motifs is 2.